The molecule has 0 fully saturated rings. The number of nitrogens with two attached hydrogens (primary N) is 1. The third-order valence-corrected chi connectivity index (χ3v) is 2.46. The fourth-order valence-corrected chi connectivity index (χ4v) is 1.59. The van der Waals surface area contributed by atoms with Gasteiger partial charge in [-0.25, -0.2) is 0 Å². The Kier molecular flexibility index (Phi) is 5.06. The molecule has 0 heterocycles. The van der Waals surface area contributed by atoms with Gasteiger partial charge in [0, 0.05) is 7.11 Å². The zero-order chi connectivity index (χ0) is 12.8. The number of methoxy groups -OCH3 is 4. The van der Waals surface area contributed by atoms with Crippen LogP contribution in [0.3, 0.4) is 0 Å². The van der Waals surface area contributed by atoms with Gasteiger partial charge in [0.1, 0.15) is 0 Å². The van der Waals surface area contributed by atoms with Gasteiger partial charge >= 0.3 is 0 Å². The third-order valence-electron chi connectivity index (χ3n) is 2.46. The third kappa shape index (κ3) is 3.01. The van der Waals surface area contributed by atoms with E-state index in [1.165, 1.54) is 0 Å². The van der Waals surface area contributed by atoms with Crippen molar-refractivity contribution < 1.29 is 18.9 Å². The highest BCUT2D eigenvalue weighted by Crippen LogP contribution is 2.39. The molecule has 0 saturated heterocycles. The normalized spacial score (nSPS) is 12.1. The van der Waals surface area contributed by atoms with Gasteiger partial charge in [-0.15, -0.1) is 0 Å². The summed E-state index contributed by atoms with van der Waals surface area (Å²) in [5.74, 6) is 1.74. The minimum absolute atomic E-state index is 0.228. The van der Waals surface area contributed by atoms with E-state index < -0.39 is 0 Å². The predicted octanol–water partition coefficient (Wildman–Crippen LogP) is 1.36. The van der Waals surface area contributed by atoms with Crippen molar-refractivity contribution in [2.24, 2.45) is 5.73 Å². The van der Waals surface area contributed by atoms with Crippen molar-refractivity contribution >= 4 is 0 Å². The highest BCUT2D eigenvalue weighted by atomic mass is 16.5. The fraction of sp³-hybridized carbons (Fsp3) is 0.500. The summed E-state index contributed by atoms with van der Waals surface area (Å²) in [7, 11) is 6.32. The Hall–Kier alpha value is -1.46. The largest absolute Gasteiger partial charge is 0.493 e. The minimum atomic E-state index is -0.228. The molecule has 0 unspecified atom stereocenters. The number of hydrogen-bond donors (Lipinski definition) is 1. The standard InChI is InChI=1S/C12H19NO4/c1-14-7-9(13)8-5-10(15-2)12(17-4)11(6-8)16-3/h5-6,9H,7,13H2,1-4H3/t9-/m0/s1. The molecule has 0 bridgehead atoms. The van der Waals surface area contributed by atoms with E-state index in [0.29, 0.717) is 23.9 Å². The van der Waals surface area contributed by atoms with Crippen molar-refractivity contribution in [3.05, 3.63) is 17.7 Å². The first-order chi connectivity index (χ1) is 8.17. The van der Waals surface area contributed by atoms with Crippen LogP contribution in [0, 0.1) is 0 Å². The Morgan fingerprint density at radius 2 is 1.53 bits per heavy atom. The van der Waals surface area contributed by atoms with Crippen LogP contribution < -0.4 is 19.9 Å². The molecule has 2 N–H and O–H groups in total. The summed E-state index contributed by atoms with van der Waals surface area (Å²) in [6.45, 7) is 0.429. The van der Waals surface area contributed by atoms with Crippen LogP contribution in [0.5, 0.6) is 17.2 Å². The van der Waals surface area contributed by atoms with Crippen LogP contribution in [-0.2, 0) is 4.74 Å². The molecule has 0 aliphatic heterocycles. The van der Waals surface area contributed by atoms with E-state index in [-0.39, 0.29) is 6.04 Å². The zero-order valence-corrected chi connectivity index (χ0v) is 10.6. The first-order valence-corrected chi connectivity index (χ1v) is 5.22. The Bertz CT molecular complexity index is 343. The summed E-state index contributed by atoms with van der Waals surface area (Å²) in [4.78, 5) is 0. The molecule has 17 heavy (non-hydrogen) atoms. The van der Waals surface area contributed by atoms with E-state index in [9.17, 15) is 0 Å². The van der Waals surface area contributed by atoms with Gasteiger partial charge in [-0.2, -0.15) is 0 Å². The van der Waals surface area contributed by atoms with Crippen molar-refractivity contribution in [1.82, 2.24) is 0 Å². The Labute approximate surface area is 101 Å². The average molecular weight is 241 g/mol. The molecule has 1 rings (SSSR count). The molecule has 0 spiro atoms. The first-order valence-electron chi connectivity index (χ1n) is 5.22. The summed E-state index contributed by atoms with van der Waals surface area (Å²) in [6, 6.07) is 3.42. The van der Waals surface area contributed by atoms with Gasteiger partial charge in [0.15, 0.2) is 11.5 Å². The lowest BCUT2D eigenvalue weighted by Crippen LogP contribution is -2.16. The molecule has 0 aromatic heterocycles. The van der Waals surface area contributed by atoms with Gasteiger partial charge < -0.3 is 24.7 Å². The molecule has 1 atom stereocenters. The lowest BCUT2D eigenvalue weighted by atomic mass is 10.1. The molecule has 5 heteroatoms. The molecule has 5 nitrogen and oxygen atoms in total. The van der Waals surface area contributed by atoms with E-state index >= 15 is 0 Å². The average Bonchev–Trinajstić information content (AvgIpc) is 2.37. The highest BCUT2D eigenvalue weighted by Gasteiger charge is 2.16. The molecule has 0 saturated carbocycles. The van der Waals surface area contributed by atoms with E-state index in [2.05, 4.69) is 0 Å². The summed E-state index contributed by atoms with van der Waals surface area (Å²) < 4.78 is 20.7. The van der Waals surface area contributed by atoms with E-state index in [0.717, 1.165) is 5.56 Å². The van der Waals surface area contributed by atoms with E-state index in [4.69, 9.17) is 24.7 Å². The number of benzene rings is 1. The summed E-state index contributed by atoms with van der Waals surface area (Å²) >= 11 is 0. The smallest absolute Gasteiger partial charge is 0.203 e. The van der Waals surface area contributed by atoms with Gasteiger partial charge in [-0.1, -0.05) is 0 Å². The van der Waals surface area contributed by atoms with Crippen LogP contribution >= 0.6 is 0 Å². The Balaban J connectivity index is 3.17. The lowest BCUT2D eigenvalue weighted by Gasteiger charge is -2.17. The molecule has 0 amide bonds. The van der Waals surface area contributed by atoms with E-state index in [1.54, 1.807) is 28.4 Å². The Morgan fingerprint density at radius 3 is 1.88 bits per heavy atom. The van der Waals surface area contributed by atoms with Gasteiger partial charge in [-0.3, -0.25) is 0 Å². The van der Waals surface area contributed by atoms with Gasteiger partial charge in [0.05, 0.1) is 34.0 Å². The van der Waals surface area contributed by atoms with Crippen LogP contribution in [0.4, 0.5) is 0 Å². The maximum Gasteiger partial charge on any atom is 0.203 e. The lowest BCUT2D eigenvalue weighted by molar-refractivity contribution is 0.180. The van der Waals surface area contributed by atoms with Crippen LogP contribution in [0.2, 0.25) is 0 Å². The second-order valence-electron chi connectivity index (χ2n) is 3.52. The predicted molar refractivity (Wildman–Crippen MR) is 64.9 cm³/mol. The monoisotopic (exact) mass is 241 g/mol. The van der Waals surface area contributed by atoms with Gasteiger partial charge in [0.25, 0.3) is 0 Å². The molecule has 0 radical (unpaired) electrons. The Morgan fingerprint density at radius 1 is 1.00 bits per heavy atom. The molecule has 1 aromatic carbocycles. The molecule has 0 aliphatic rings. The summed E-state index contributed by atoms with van der Waals surface area (Å²) in [5.41, 5.74) is 6.84. The summed E-state index contributed by atoms with van der Waals surface area (Å²) in [5, 5.41) is 0. The van der Waals surface area contributed by atoms with Gasteiger partial charge in [0.2, 0.25) is 5.75 Å². The van der Waals surface area contributed by atoms with Gasteiger partial charge in [-0.05, 0) is 17.7 Å². The molecular formula is C12H19NO4. The van der Waals surface area contributed by atoms with Crippen molar-refractivity contribution in [2.75, 3.05) is 35.0 Å². The first kappa shape index (κ1) is 13.6. The fourth-order valence-electron chi connectivity index (χ4n) is 1.59. The van der Waals surface area contributed by atoms with Crippen molar-refractivity contribution in [2.45, 2.75) is 6.04 Å². The van der Waals surface area contributed by atoms with Crippen molar-refractivity contribution in [3.63, 3.8) is 0 Å². The summed E-state index contributed by atoms with van der Waals surface area (Å²) in [6.07, 6.45) is 0. The maximum absolute atomic E-state index is 5.97. The topological polar surface area (TPSA) is 62.9 Å². The van der Waals surface area contributed by atoms with Crippen LogP contribution in [0.25, 0.3) is 0 Å². The minimum Gasteiger partial charge on any atom is -0.493 e. The number of ether oxygens (including phenoxy) is 4. The highest BCUT2D eigenvalue weighted by molar-refractivity contribution is 5.54. The zero-order valence-electron chi connectivity index (χ0n) is 10.6. The molecular weight excluding hydrogens is 222 g/mol. The molecule has 1 aromatic rings. The molecule has 0 aliphatic carbocycles. The quantitative estimate of drug-likeness (QED) is 0.814. The number of rotatable bonds is 6. The van der Waals surface area contributed by atoms with Crippen LogP contribution in [0.15, 0.2) is 12.1 Å². The second-order valence-corrected chi connectivity index (χ2v) is 3.52. The SMILES string of the molecule is COC[C@H](N)c1cc(OC)c(OC)c(OC)c1. The van der Waals surface area contributed by atoms with Crippen molar-refractivity contribution in [1.29, 1.82) is 0 Å². The second kappa shape index (κ2) is 6.32. The van der Waals surface area contributed by atoms with E-state index in [1.807, 2.05) is 12.1 Å². The molecule has 96 valence electrons. The van der Waals surface area contributed by atoms with Crippen LogP contribution in [0.1, 0.15) is 11.6 Å². The number of hydrogen-bond acceptors (Lipinski definition) is 5. The van der Waals surface area contributed by atoms with Crippen molar-refractivity contribution in [3.8, 4) is 17.2 Å². The maximum atomic E-state index is 5.97. The van der Waals surface area contributed by atoms with Crippen LogP contribution in [-0.4, -0.2) is 35.0 Å².